The summed E-state index contributed by atoms with van der Waals surface area (Å²) in [5.41, 5.74) is 0.396. The predicted octanol–water partition coefficient (Wildman–Crippen LogP) is 3.86. The molecule has 0 radical (unpaired) electrons. The first-order valence-electron chi connectivity index (χ1n) is 8.59. The van der Waals surface area contributed by atoms with Gasteiger partial charge in [-0.05, 0) is 57.2 Å². The Balaban J connectivity index is 2.02. The summed E-state index contributed by atoms with van der Waals surface area (Å²) in [6.07, 6.45) is -1.12. The molecule has 0 spiro atoms. The topological polar surface area (TPSA) is 102 Å². The van der Waals surface area contributed by atoms with Crippen LogP contribution in [0.25, 0.3) is 0 Å². The van der Waals surface area contributed by atoms with Gasteiger partial charge in [-0.2, -0.15) is 0 Å². The molecule has 2 rings (SSSR count). The Morgan fingerprint density at radius 3 is 2.21 bits per heavy atom. The highest BCUT2D eigenvalue weighted by molar-refractivity contribution is 7.89. The second kappa shape index (κ2) is 9.58. The van der Waals surface area contributed by atoms with Crippen molar-refractivity contribution >= 4 is 50.8 Å². The number of hydrogen-bond donors (Lipinski definition) is 2. The molecule has 0 heterocycles. The van der Waals surface area contributed by atoms with Crippen molar-refractivity contribution in [3.63, 3.8) is 0 Å². The summed E-state index contributed by atoms with van der Waals surface area (Å²) < 4.78 is 31.8. The van der Waals surface area contributed by atoms with E-state index in [4.69, 9.17) is 27.9 Å². The Labute approximate surface area is 179 Å². The standard InChI is InChI=1S/C19H20Cl2N2O5S/c1-11(2)23-29(26,27)14-9-7-13(8-10-14)22-18(24)12(3)28-19(25)15-5-4-6-16(20)17(15)21/h4-12,23H,1-3H3,(H,22,24)/t12-/m0/s1. The molecule has 0 fully saturated rings. The zero-order valence-corrected chi connectivity index (χ0v) is 18.2. The maximum absolute atomic E-state index is 12.3. The van der Waals surface area contributed by atoms with Gasteiger partial charge in [-0.15, -0.1) is 0 Å². The summed E-state index contributed by atoms with van der Waals surface area (Å²) in [4.78, 5) is 24.6. The van der Waals surface area contributed by atoms with E-state index in [1.165, 1.54) is 43.3 Å². The highest BCUT2D eigenvalue weighted by Gasteiger charge is 2.22. The summed E-state index contributed by atoms with van der Waals surface area (Å²) in [5.74, 6) is -1.38. The minimum Gasteiger partial charge on any atom is -0.449 e. The van der Waals surface area contributed by atoms with Gasteiger partial charge in [-0.3, -0.25) is 4.79 Å². The Hall–Kier alpha value is -2.13. The first-order valence-corrected chi connectivity index (χ1v) is 10.8. The average molecular weight is 459 g/mol. The molecule has 7 nitrogen and oxygen atoms in total. The Morgan fingerprint density at radius 2 is 1.62 bits per heavy atom. The number of esters is 1. The lowest BCUT2D eigenvalue weighted by Gasteiger charge is -2.15. The maximum Gasteiger partial charge on any atom is 0.340 e. The molecule has 1 atom stereocenters. The summed E-state index contributed by atoms with van der Waals surface area (Å²) in [7, 11) is -3.63. The van der Waals surface area contributed by atoms with Crippen LogP contribution in [-0.4, -0.2) is 32.4 Å². The van der Waals surface area contributed by atoms with Gasteiger partial charge in [-0.25, -0.2) is 17.9 Å². The van der Waals surface area contributed by atoms with Gasteiger partial charge in [0.15, 0.2) is 6.10 Å². The summed E-state index contributed by atoms with van der Waals surface area (Å²) >= 11 is 11.8. The van der Waals surface area contributed by atoms with Gasteiger partial charge in [0, 0.05) is 11.7 Å². The van der Waals surface area contributed by atoms with Crippen LogP contribution < -0.4 is 10.0 Å². The third-order valence-electron chi connectivity index (χ3n) is 3.65. The lowest BCUT2D eigenvalue weighted by atomic mass is 10.2. The molecule has 0 aliphatic rings. The molecule has 0 aliphatic heterocycles. The lowest BCUT2D eigenvalue weighted by molar-refractivity contribution is -0.123. The fourth-order valence-electron chi connectivity index (χ4n) is 2.28. The van der Waals surface area contributed by atoms with Gasteiger partial charge < -0.3 is 10.1 Å². The number of rotatable bonds is 7. The van der Waals surface area contributed by atoms with Crippen molar-refractivity contribution in [3.05, 3.63) is 58.1 Å². The zero-order chi connectivity index (χ0) is 21.8. The van der Waals surface area contributed by atoms with E-state index in [-0.39, 0.29) is 26.5 Å². The van der Waals surface area contributed by atoms with E-state index in [1.54, 1.807) is 19.9 Å². The molecule has 0 saturated carbocycles. The average Bonchev–Trinajstić information content (AvgIpc) is 2.63. The van der Waals surface area contributed by atoms with Crippen molar-refractivity contribution in [2.75, 3.05) is 5.32 Å². The van der Waals surface area contributed by atoms with Crippen LogP contribution in [-0.2, 0) is 19.6 Å². The van der Waals surface area contributed by atoms with Crippen LogP contribution in [0.2, 0.25) is 10.0 Å². The van der Waals surface area contributed by atoms with E-state index in [0.717, 1.165) is 0 Å². The molecule has 2 aromatic carbocycles. The minimum absolute atomic E-state index is 0.0404. The number of ether oxygens (including phenoxy) is 1. The molecule has 2 aromatic rings. The molecule has 10 heteroatoms. The summed E-state index contributed by atoms with van der Waals surface area (Å²) in [6, 6.07) is 9.86. The van der Waals surface area contributed by atoms with E-state index in [1.807, 2.05) is 0 Å². The van der Waals surface area contributed by atoms with Crippen molar-refractivity contribution in [1.29, 1.82) is 0 Å². The Bertz CT molecular complexity index is 1010. The quantitative estimate of drug-likeness (QED) is 0.613. The number of halogens is 2. The second-order valence-electron chi connectivity index (χ2n) is 6.44. The maximum atomic E-state index is 12.3. The molecule has 0 saturated heterocycles. The summed E-state index contributed by atoms with van der Waals surface area (Å²) in [5, 5.41) is 2.79. The first-order chi connectivity index (χ1) is 13.5. The zero-order valence-electron chi connectivity index (χ0n) is 15.9. The first kappa shape index (κ1) is 23.2. The van der Waals surface area contributed by atoms with Gasteiger partial charge in [-0.1, -0.05) is 29.3 Å². The van der Waals surface area contributed by atoms with Crippen LogP contribution in [0.15, 0.2) is 47.4 Å². The number of benzene rings is 2. The van der Waals surface area contributed by atoms with Crippen LogP contribution in [0.1, 0.15) is 31.1 Å². The Morgan fingerprint density at radius 1 is 1.00 bits per heavy atom. The number of nitrogens with one attached hydrogen (secondary N) is 2. The van der Waals surface area contributed by atoms with E-state index in [9.17, 15) is 18.0 Å². The number of carbonyl (C=O) groups excluding carboxylic acids is 2. The van der Waals surface area contributed by atoms with E-state index in [0.29, 0.717) is 5.69 Å². The molecule has 1 amide bonds. The molecule has 0 unspecified atom stereocenters. The van der Waals surface area contributed by atoms with Gasteiger partial charge in [0.05, 0.1) is 20.5 Å². The fourth-order valence-corrected chi connectivity index (χ4v) is 3.91. The van der Waals surface area contributed by atoms with Crippen molar-refractivity contribution in [1.82, 2.24) is 4.72 Å². The molecule has 0 aromatic heterocycles. The van der Waals surface area contributed by atoms with E-state index in [2.05, 4.69) is 10.0 Å². The van der Waals surface area contributed by atoms with Crippen LogP contribution in [0.4, 0.5) is 5.69 Å². The summed E-state index contributed by atoms with van der Waals surface area (Å²) in [6.45, 7) is 4.83. The van der Waals surface area contributed by atoms with Crippen LogP contribution in [0, 0.1) is 0 Å². The van der Waals surface area contributed by atoms with Crippen LogP contribution >= 0.6 is 23.2 Å². The molecule has 2 N–H and O–H groups in total. The van der Waals surface area contributed by atoms with Gasteiger partial charge in [0.25, 0.3) is 5.91 Å². The van der Waals surface area contributed by atoms with E-state index >= 15 is 0 Å². The Kier molecular flexibility index (Phi) is 7.65. The van der Waals surface area contributed by atoms with E-state index < -0.39 is 28.0 Å². The van der Waals surface area contributed by atoms with Crippen molar-refractivity contribution in [2.45, 2.75) is 37.8 Å². The largest absolute Gasteiger partial charge is 0.449 e. The molecular formula is C19H20Cl2N2O5S. The van der Waals surface area contributed by atoms with Crippen LogP contribution in [0.3, 0.4) is 0 Å². The van der Waals surface area contributed by atoms with Crippen molar-refractivity contribution < 1.29 is 22.7 Å². The predicted molar refractivity (Wildman–Crippen MR) is 112 cm³/mol. The number of hydrogen-bond acceptors (Lipinski definition) is 5. The molecule has 156 valence electrons. The smallest absolute Gasteiger partial charge is 0.340 e. The van der Waals surface area contributed by atoms with Gasteiger partial charge in [0.1, 0.15) is 0 Å². The molecule has 29 heavy (non-hydrogen) atoms. The second-order valence-corrected chi connectivity index (χ2v) is 8.94. The highest BCUT2D eigenvalue weighted by atomic mass is 35.5. The van der Waals surface area contributed by atoms with Crippen LogP contribution in [0.5, 0.6) is 0 Å². The third kappa shape index (κ3) is 6.17. The van der Waals surface area contributed by atoms with Gasteiger partial charge >= 0.3 is 5.97 Å². The number of anilines is 1. The molecule has 0 bridgehead atoms. The minimum atomic E-state index is -3.63. The normalized spacial score (nSPS) is 12.5. The van der Waals surface area contributed by atoms with Crippen molar-refractivity contribution in [2.24, 2.45) is 0 Å². The number of carbonyl (C=O) groups is 2. The molecular weight excluding hydrogens is 439 g/mol. The van der Waals surface area contributed by atoms with Gasteiger partial charge in [0.2, 0.25) is 10.0 Å². The SMILES string of the molecule is CC(C)NS(=O)(=O)c1ccc(NC(=O)[C@H](C)OC(=O)c2cccc(Cl)c2Cl)cc1. The lowest BCUT2D eigenvalue weighted by Crippen LogP contribution is -2.31. The third-order valence-corrected chi connectivity index (χ3v) is 6.14. The monoisotopic (exact) mass is 458 g/mol. The molecule has 0 aliphatic carbocycles. The number of sulfonamides is 1. The number of amides is 1. The fraction of sp³-hybridized carbons (Fsp3) is 0.263. The van der Waals surface area contributed by atoms with Crippen molar-refractivity contribution in [3.8, 4) is 0 Å². The highest BCUT2D eigenvalue weighted by Crippen LogP contribution is 2.26.